The Morgan fingerprint density at radius 1 is 1.15 bits per heavy atom. The summed E-state index contributed by atoms with van der Waals surface area (Å²) in [4.78, 5) is 14.8. The second kappa shape index (κ2) is 7.55. The fourth-order valence-corrected chi connectivity index (χ4v) is 4.53. The van der Waals surface area contributed by atoms with E-state index in [2.05, 4.69) is 34.6 Å². The number of thiocarbonyl (C=S) groups is 1. The molecule has 0 aliphatic carbocycles. The van der Waals surface area contributed by atoms with Gasteiger partial charge in [-0.25, -0.2) is 0 Å². The summed E-state index contributed by atoms with van der Waals surface area (Å²) in [6.07, 6.45) is 5.50. The van der Waals surface area contributed by atoms with Gasteiger partial charge in [-0.05, 0) is 62.9 Å². The van der Waals surface area contributed by atoms with Crippen molar-refractivity contribution in [2.45, 2.75) is 77.9 Å². The molecular formula is C21H31N3OS. The number of hydrogen-bond acceptors (Lipinski definition) is 2. The van der Waals surface area contributed by atoms with E-state index in [0.29, 0.717) is 12.1 Å². The molecule has 0 spiro atoms. The van der Waals surface area contributed by atoms with Gasteiger partial charge in [0.05, 0.1) is 0 Å². The summed E-state index contributed by atoms with van der Waals surface area (Å²) >= 11 is 5.78. The molecule has 0 unspecified atom stereocenters. The number of piperidine rings is 2. The number of fused-ring (bicyclic) bond motifs is 2. The molecule has 0 aromatic heterocycles. The highest BCUT2D eigenvalue weighted by Crippen LogP contribution is 2.35. The van der Waals surface area contributed by atoms with E-state index in [1.807, 2.05) is 32.9 Å². The highest BCUT2D eigenvalue weighted by molar-refractivity contribution is 7.80. The van der Waals surface area contributed by atoms with Crippen LogP contribution in [0.3, 0.4) is 0 Å². The smallest absolute Gasteiger partial charge is 0.225 e. The minimum absolute atomic E-state index is 0.148. The maximum atomic E-state index is 12.4. The van der Waals surface area contributed by atoms with Gasteiger partial charge in [0.2, 0.25) is 5.91 Å². The van der Waals surface area contributed by atoms with Gasteiger partial charge in [0, 0.05) is 29.2 Å². The van der Waals surface area contributed by atoms with Crippen molar-refractivity contribution < 1.29 is 4.79 Å². The van der Waals surface area contributed by atoms with E-state index in [4.69, 9.17) is 12.2 Å². The van der Waals surface area contributed by atoms with Gasteiger partial charge in [0.25, 0.3) is 0 Å². The number of hydrogen-bond donors (Lipinski definition) is 2. The molecule has 2 atom stereocenters. The molecule has 2 fully saturated rings. The maximum Gasteiger partial charge on any atom is 0.225 e. The van der Waals surface area contributed by atoms with Crippen LogP contribution in [0.5, 0.6) is 0 Å². The van der Waals surface area contributed by atoms with Crippen LogP contribution in [0.4, 0.5) is 5.69 Å². The van der Waals surface area contributed by atoms with Crippen LogP contribution in [0.15, 0.2) is 24.3 Å². The summed E-state index contributed by atoms with van der Waals surface area (Å²) in [7, 11) is 0. The Bertz CT molecular complexity index is 668. The summed E-state index contributed by atoms with van der Waals surface area (Å²) in [5.74, 6) is 0.148. The molecule has 1 aromatic carbocycles. The zero-order valence-corrected chi connectivity index (χ0v) is 17.2. The topological polar surface area (TPSA) is 44.4 Å². The number of aryl methyl sites for hydroxylation is 1. The molecule has 2 heterocycles. The van der Waals surface area contributed by atoms with Crippen LogP contribution in [-0.4, -0.2) is 34.0 Å². The van der Waals surface area contributed by atoms with E-state index in [1.54, 1.807) is 0 Å². The first-order chi connectivity index (χ1) is 12.3. The van der Waals surface area contributed by atoms with Crippen LogP contribution in [0.2, 0.25) is 0 Å². The minimum Gasteiger partial charge on any atom is -0.353 e. The second-order valence-electron chi connectivity index (χ2n) is 8.78. The largest absolute Gasteiger partial charge is 0.353 e. The number of benzene rings is 1. The van der Waals surface area contributed by atoms with E-state index in [9.17, 15) is 4.79 Å². The standard InChI is InChI=1S/C21H31N3OS/c1-14-8-5-6-11-18(14)23-20(26)24-16-9-7-10-17(24)13-15(12-16)22-19(25)21(2,3)4/h5-6,8,11,15-17H,7,9-10,12-13H2,1-4H3,(H,22,25)(H,23,26)/t16-,17-/m1/s1. The van der Waals surface area contributed by atoms with Crippen LogP contribution in [0.25, 0.3) is 0 Å². The lowest BCUT2D eigenvalue weighted by Crippen LogP contribution is -2.60. The van der Waals surface area contributed by atoms with E-state index in [0.717, 1.165) is 36.5 Å². The first-order valence-corrected chi connectivity index (χ1v) is 10.1. The first kappa shape index (κ1) is 19.2. The lowest BCUT2D eigenvalue weighted by Gasteiger charge is -2.50. The Kier molecular flexibility index (Phi) is 5.56. The van der Waals surface area contributed by atoms with Gasteiger partial charge in [0.15, 0.2) is 5.11 Å². The molecular weight excluding hydrogens is 342 g/mol. The molecule has 2 aliphatic rings. The number of carbonyl (C=O) groups is 1. The predicted octanol–water partition coefficient (Wildman–Crippen LogP) is 4.24. The maximum absolute atomic E-state index is 12.4. The third kappa shape index (κ3) is 4.20. The fourth-order valence-electron chi connectivity index (χ4n) is 4.13. The highest BCUT2D eigenvalue weighted by Gasteiger charge is 2.40. The van der Waals surface area contributed by atoms with Crippen LogP contribution in [0, 0.1) is 12.3 Å². The monoisotopic (exact) mass is 373 g/mol. The van der Waals surface area contributed by atoms with Gasteiger partial charge in [-0.2, -0.15) is 0 Å². The molecule has 2 N–H and O–H groups in total. The Hall–Kier alpha value is -1.62. The highest BCUT2D eigenvalue weighted by atomic mass is 32.1. The molecule has 2 bridgehead atoms. The van der Waals surface area contributed by atoms with Crippen molar-refractivity contribution in [3.8, 4) is 0 Å². The first-order valence-electron chi connectivity index (χ1n) is 9.71. The van der Waals surface area contributed by atoms with Gasteiger partial charge >= 0.3 is 0 Å². The Morgan fingerprint density at radius 2 is 1.77 bits per heavy atom. The summed E-state index contributed by atoms with van der Waals surface area (Å²) in [6.45, 7) is 8.01. The molecule has 2 aliphatic heterocycles. The Labute approximate surface area is 162 Å². The van der Waals surface area contributed by atoms with Gasteiger partial charge in [-0.1, -0.05) is 39.0 Å². The molecule has 5 heteroatoms. The number of anilines is 1. The quantitative estimate of drug-likeness (QED) is 0.761. The Balaban J connectivity index is 1.68. The normalized spacial score (nSPS) is 25.5. The number of nitrogens with one attached hydrogen (secondary N) is 2. The summed E-state index contributed by atoms with van der Waals surface area (Å²) < 4.78 is 0. The van der Waals surface area contributed by atoms with Crippen molar-refractivity contribution in [2.75, 3.05) is 5.32 Å². The van der Waals surface area contributed by atoms with Gasteiger partial charge in [-0.3, -0.25) is 4.79 Å². The third-order valence-corrected chi connectivity index (χ3v) is 5.93. The van der Waals surface area contributed by atoms with Crippen LogP contribution < -0.4 is 10.6 Å². The molecule has 142 valence electrons. The third-order valence-electron chi connectivity index (χ3n) is 5.61. The van der Waals surface area contributed by atoms with Crippen molar-refractivity contribution >= 4 is 28.9 Å². The SMILES string of the molecule is Cc1ccccc1NC(=S)N1[C@@H]2CCC[C@@H]1CC(NC(=O)C(C)(C)C)C2. The van der Waals surface area contributed by atoms with E-state index in [1.165, 1.54) is 12.0 Å². The van der Waals surface area contributed by atoms with Crippen molar-refractivity contribution in [3.63, 3.8) is 0 Å². The lowest BCUT2D eigenvalue weighted by atomic mass is 9.81. The van der Waals surface area contributed by atoms with Gasteiger partial charge in [-0.15, -0.1) is 0 Å². The number of amides is 1. The average molecular weight is 374 g/mol. The average Bonchev–Trinajstić information content (AvgIpc) is 2.55. The summed E-state index contributed by atoms with van der Waals surface area (Å²) in [5, 5.41) is 7.56. The van der Waals surface area contributed by atoms with Crippen molar-refractivity contribution in [1.82, 2.24) is 10.2 Å². The predicted molar refractivity (Wildman–Crippen MR) is 111 cm³/mol. The molecule has 4 nitrogen and oxygen atoms in total. The minimum atomic E-state index is -0.339. The van der Waals surface area contributed by atoms with Crippen LogP contribution >= 0.6 is 12.2 Å². The Morgan fingerprint density at radius 3 is 2.35 bits per heavy atom. The summed E-state index contributed by atoms with van der Waals surface area (Å²) in [5.41, 5.74) is 1.94. The molecule has 1 aromatic rings. The number of rotatable bonds is 2. The van der Waals surface area contributed by atoms with Gasteiger partial charge < -0.3 is 15.5 Å². The molecule has 0 saturated carbocycles. The molecule has 26 heavy (non-hydrogen) atoms. The zero-order chi connectivity index (χ0) is 18.9. The van der Waals surface area contributed by atoms with E-state index in [-0.39, 0.29) is 17.4 Å². The molecule has 3 rings (SSSR count). The summed E-state index contributed by atoms with van der Waals surface area (Å²) in [6, 6.07) is 9.34. The molecule has 0 radical (unpaired) electrons. The zero-order valence-electron chi connectivity index (χ0n) is 16.3. The van der Waals surface area contributed by atoms with E-state index < -0.39 is 0 Å². The second-order valence-corrected chi connectivity index (χ2v) is 9.17. The molecule has 2 saturated heterocycles. The lowest BCUT2D eigenvalue weighted by molar-refractivity contribution is -0.129. The number of carbonyl (C=O) groups excluding carboxylic acids is 1. The number of nitrogens with zero attached hydrogens (tertiary/aromatic N) is 1. The molecule has 1 amide bonds. The van der Waals surface area contributed by atoms with Gasteiger partial charge in [0.1, 0.15) is 0 Å². The van der Waals surface area contributed by atoms with Crippen LogP contribution in [-0.2, 0) is 4.79 Å². The van der Waals surface area contributed by atoms with Crippen molar-refractivity contribution in [3.05, 3.63) is 29.8 Å². The van der Waals surface area contributed by atoms with Crippen molar-refractivity contribution in [1.29, 1.82) is 0 Å². The van der Waals surface area contributed by atoms with E-state index >= 15 is 0 Å². The van der Waals surface area contributed by atoms with Crippen molar-refractivity contribution in [2.24, 2.45) is 5.41 Å². The fraction of sp³-hybridized carbons (Fsp3) is 0.619. The number of para-hydroxylation sites is 1. The van der Waals surface area contributed by atoms with Crippen LogP contribution in [0.1, 0.15) is 58.4 Å².